The number of nitrogens with zero attached hydrogens (tertiary/aromatic N) is 5. The maximum atomic E-state index is 13.6. The highest BCUT2D eigenvalue weighted by Gasteiger charge is 2.51. The molecule has 0 amide bonds. The standard InChI is InChI=1S/C37H39Cl2N5O4/c1-22-13-29(41-31-18-43(11-12-45)10-9-25(22)31)33(47)14-23-5-3-6-26(34(23)38)27-7-4-8-28(35(27)39)30-17-40-32(36(42-30)48-2)19-44-20-37(21-44)15-24(46)16-37/h3-8,13,17,24,45-46H,9-12,14-16,18-21H2,1-2H3. The molecule has 2 fully saturated rings. The summed E-state index contributed by atoms with van der Waals surface area (Å²) in [5.74, 6) is 0.342. The average molecular weight is 689 g/mol. The molecule has 48 heavy (non-hydrogen) atoms. The largest absolute Gasteiger partial charge is 0.480 e. The quantitative estimate of drug-likeness (QED) is 0.207. The lowest BCUT2D eigenvalue weighted by Gasteiger charge is -2.57. The number of aliphatic hydroxyl groups excluding tert-OH is 2. The molecule has 4 aromatic rings. The van der Waals surface area contributed by atoms with Crippen LogP contribution in [0.2, 0.25) is 10.0 Å². The van der Waals surface area contributed by atoms with Crippen molar-refractivity contribution in [3.05, 3.63) is 92.5 Å². The van der Waals surface area contributed by atoms with Gasteiger partial charge in [-0.2, -0.15) is 0 Å². The molecule has 0 atom stereocenters. The molecule has 0 radical (unpaired) electrons. The van der Waals surface area contributed by atoms with Crippen LogP contribution >= 0.6 is 23.2 Å². The number of rotatable bonds is 10. The van der Waals surface area contributed by atoms with Gasteiger partial charge in [0.25, 0.3) is 0 Å². The number of Topliss-reactive ketones (excluding diaryl/α,β-unsaturated/α-hetero) is 1. The van der Waals surface area contributed by atoms with Gasteiger partial charge in [-0.15, -0.1) is 0 Å². The monoisotopic (exact) mass is 687 g/mol. The smallest absolute Gasteiger partial charge is 0.237 e. The lowest BCUT2D eigenvalue weighted by Crippen LogP contribution is -2.63. The molecule has 0 unspecified atom stereocenters. The van der Waals surface area contributed by atoms with Crippen LogP contribution in [0.3, 0.4) is 0 Å². The Bertz CT molecular complexity index is 1870. The Morgan fingerprint density at radius 2 is 1.77 bits per heavy atom. The third-order valence-corrected chi connectivity index (χ3v) is 10.9. The summed E-state index contributed by atoms with van der Waals surface area (Å²) in [6.45, 7) is 6.72. The average Bonchev–Trinajstić information content (AvgIpc) is 3.04. The molecule has 1 spiro atoms. The third-order valence-electron chi connectivity index (χ3n) is 10.0. The van der Waals surface area contributed by atoms with E-state index >= 15 is 0 Å². The summed E-state index contributed by atoms with van der Waals surface area (Å²) in [6.07, 6.45) is 4.26. The highest BCUT2D eigenvalue weighted by Crippen LogP contribution is 2.49. The van der Waals surface area contributed by atoms with Gasteiger partial charge in [0.2, 0.25) is 5.88 Å². The molecule has 7 rings (SSSR count). The number of likely N-dealkylation sites (tertiary alicyclic amines) is 1. The molecule has 2 aromatic carbocycles. The second kappa shape index (κ2) is 13.5. The van der Waals surface area contributed by atoms with Crippen LogP contribution in [0.15, 0.2) is 48.7 Å². The van der Waals surface area contributed by atoms with Crippen molar-refractivity contribution in [2.45, 2.75) is 51.8 Å². The van der Waals surface area contributed by atoms with Crippen molar-refractivity contribution in [3.63, 3.8) is 0 Å². The minimum atomic E-state index is -0.159. The number of aliphatic hydroxyl groups is 2. The number of pyridine rings is 1. The Hall–Kier alpha value is -3.44. The number of carbonyl (C=O) groups is 1. The zero-order valence-electron chi connectivity index (χ0n) is 27.2. The Labute approximate surface area is 290 Å². The van der Waals surface area contributed by atoms with Crippen LogP contribution in [0.1, 0.15) is 51.4 Å². The van der Waals surface area contributed by atoms with E-state index in [4.69, 9.17) is 42.9 Å². The fourth-order valence-electron chi connectivity index (χ4n) is 7.62. The Balaban J connectivity index is 1.10. The summed E-state index contributed by atoms with van der Waals surface area (Å²) < 4.78 is 5.65. The molecular formula is C37H39Cl2N5O4. The predicted molar refractivity (Wildman–Crippen MR) is 186 cm³/mol. The van der Waals surface area contributed by atoms with Gasteiger partial charge in [0.1, 0.15) is 11.4 Å². The van der Waals surface area contributed by atoms with E-state index in [1.54, 1.807) is 13.3 Å². The number of fused-ring (bicyclic) bond motifs is 1. The first-order chi connectivity index (χ1) is 23.2. The van der Waals surface area contributed by atoms with Crippen molar-refractivity contribution in [1.82, 2.24) is 24.8 Å². The molecule has 2 aromatic heterocycles. The van der Waals surface area contributed by atoms with Crippen molar-refractivity contribution in [2.24, 2.45) is 5.41 Å². The molecule has 1 saturated heterocycles. The number of methoxy groups -OCH3 is 1. The molecule has 0 bridgehead atoms. The van der Waals surface area contributed by atoms with Crippen molar-refractivity contribution in [1.29, 1.82) is 0 Å². The second-order valence-corrected chi connectivity index (χ2v) is 14.2. The molecule has 9 nitrogen and oxygen atoms in total. The molecule has 1 saturated carbocycles. The lowest BCUT2D eigenvalue weighted by molar-refractivity contribution is -0.131. The minimum absolute atomic E-state index is 0.0927. The fourth-order valence-corrected chi connectivity index (χ4v) is 8.24. The Morgan fingerprint density at radius 3 is 2.50 bits per heavy atom. The number of aromatic nitrogens is 3. The maximum absolute atomic E-state index is 13.6. The van der Waals surface area contributed by atoms with Gasteiger partial charge in [-0.3, -0.25) is 19.6 Å². The van der Waals surface area contributed by atoms with Gasteiger partial charge in [-0.05, 0) is 48.9 Å². The molecular weight excluding hydrogens is 649 g/mol. The summed E-state index contributed by atoms with van der Waals surface area (Å²) >= 11 is 14.0. The van der Waals surface area contributed by atoms with Gasteiger partial charge < -0.3 is 14.9 Å². The predicted octanol–water partition coefficient (Wildman–Crippen LogP) is 5.56. The molecule has 2 N–H and O–H groups in total. The van der Waals surface area contributed by atoms with Gasteiger partial charge in [-0.25, -0.2) is 9.97 Å². The summed E-state index contributed by atoms with van der Waals surface area (Å²) in [6, 6.07) is 13.2. The number of hydrogen-bond donors (Lipinski definition) is 2. The van der Waals surface area contributed by atoms with Crippen molar-refractivity contribution in [2.75, 3.05) is 39.9 Å². The van der Waals surface area contributed by atoms with E-state index in [9.17, 15) is 15.0 Å². The van der Waals surface area contributed by atoms with Gasteiger partial charge in [0, 0.05) is 67.8 Å². The number of halogens is 2. The summed E-state index contributed by atoms with van der Waals surface area (Å²) in [4.78, 5) is 32.3. The number of ether oxygens (including phenoxy) is 1. The first-order valence-corrected chi connectivity index (χ1v) is 17.2. The number of β-amino-alcohol motifs (C(OH)–C–C–N with tert-alkyl or cyclic N) is 1. The van der Waals surface area contributed by atoms with E-state index in [0.717, 1.165) is 61.4 Å². The van der Waals surface area contributed by atoms with Crippen LogP contribution in [-0.4, -0.2) is 86.7 Å². The number of benzene rings is 2. The Kier molecular flexibility index (Phi) is 9.28. The summed E-state index contributed by atoms with van der Waals surface area (Å²) in [5, 5.41) is 20.0. The van der Waals surface area contributed by atoms with E-state index < -0.39 is 0 Å². The van der Waals surface area contributed by atoms with E-state index in [0.29, 0.717) is 63.6 Å². The van der Waals surface area contributed by atoms with E-state index in [-0.39, 0.29) is 30.3 Å². The van der Waals surface area contributed by atoms with Crippen LogP contribution in [0, 0.1) is 12.3 Å². The Morgan fingerprint density at radius 1 is 1.04 bits per heavy atom. The van der Waals surface area contributed by atoms with Crippen LogP contribution in [0.25, 0.3) is 22.4 Å². The zero-order valence-corrected chi connectivity index (χ0v) is 28.7. The molecule has 11 heteroatoms. The van der Waals surface area contributed by atoms with Gasteiger partial charge in [-0.1, -0.05) is 59.6 Å². The minimum Gasteiger partial charge on any atom is -0.480 e. The van der Waals surface area contributed by atoms with Crippen LogP contribution in [-0.2, 0) is 25.9 Å². The summed E-state index contributed by atoms with van der Waals surface area (Å²) in [5.41, 5.74) is 8.00. The maximum Gasteiger partial charge on any atom is 0.237 e. The number of aryl methyl sites for hydroxylation is 1. The van der Waals surface area contributed by atoms with Gasteiger partial charge >= 0.3 is 0 Å². The summed E-state index contributed by atoms with van der Waals surface area (Å²) in [7, 11) is 1.59. The molecule has 2 aliphatic heterocycles. The highest BCUT2D eigenvalue weighted by atomic mass is 35.5. The van der Waals surface area contributed by atoms with Crippen LogP contribution in [0.5, 0.6) is 5.88 Å². The highest BCUT2D eigenvalue weighted by molar-refractivity contribution is 6.38. The topological polar surface area (TPSA) is 112 Å². The lowest BCUT2D eigenvalue weighted by atomic mass is 9.62. The van der Waals surface area contributed by atoms with Crippen molar-refractivity contribution in [3.8, 4) is 28.3 Å². The molecule has 3 aliphatic rings. The van der Waals surface area contributed by atoms with Crippen LogP contribution < -0.4 is 4.74 Å². The van der Waals surface area contributed by atoms with Gasteiger partial charge in [0.15, 0.2) is 5.78 Å². The SMILES string of the molecule is COc1nc(-c2cccc(-c3cccc(CC(=O)c4cc(C)c5c(n4)CN(CCO)CC5)c3Cl)c2Cl)cnc1CN1CC2(CC(O)C2)C1. The van der Waals surface area contributed by atoms with E-state index in [2.05, 4.69) is 9.80 Å². The second-order valence-electron chi connectivity index (χ2n) is 13.5. The van der Waals surface area contributed by atoms with Gasteiger partial charge in [0.05, 0.1) is 47.5 Å². The third kappa shape index (κ3) is 6.35. The van der Waals surface area contributed by atoms with E-state index in [1.807, 2.05) is 49.4 Å². The normalized spacial score (nSPS) is 17.5. The fraction of sp³-hybridized carbons (Fsp3) is 0.405. The van der Waals surface area contributed by atoms with Crippen molar-refractivity contribution < 1.29 is 19.7 Å². The van der Waals surface area contributed by atoms with E-state index in [1.165, 1.54) is 5.56 Å². The number of hydrogen-bond acceptors (Lipinski definition) is 9. The van der Waals surface area contributed by atoms with Crippen molar-refractivity contribution >= 4 is 29.0 Å². The first-order valence-electron chi connectivity index (χ1n) is 16.4. The molecule has 1 aliphatic carbocycles. The molecule has 4 heterocycles. The number of carbonyl (C=O) groups excluding carboxylic acids is 1. The van der Waals surface area contributed by atoms with Crippen LogP contribution in [0.4, 0.5) is 0 Å². The number of ketones is 1. The molecule has 250 valence electrons. The first kappa shape index (κ1) is 33.1. The zero-order chi connectivity index (χ0) is 33.6.